The quantitative estimate of drug-likeness (QED) is 0.713. The van der Waals surface area contributed by atoms with E-state index in [1.54, 1.807) is 6.07 Å². The lowest BCUT2D eigenvalue weighted by Gasteiger charge is -2.43. The molecular weight excluding hydrogens is 421 g/mol. The Balaban J connectivity index is 1.29. The van der Waals surface area contributed by atoms with Crippen LogP contribution in [-0.4, -0.2) is 43.1 Å². The first-order valence-electron chi connectivity index (χ1n) is 11.0. The number of carbonyl (C=O) groups is 1. The molecule has 1 unspecified atom stereocenters. The van der Waals surface area contributed by atoms with Crippen molar-refractivity contribution in [2.24, 2.45) is 5.92 Å². The third kappa shape index (κ3) is 4.55. The minimum atomic E-state index is -4.74. The van der Waals surface area contributed by atoms with Crippen LogP contribution >= 0.6 is 0 Å². The summed E-state index contributed by atoms with van der Waals surface area (Å²) in [5, 5.41) is 3.01. The van der Waals surface area contributed by atoms with Gasteiger partial charge in [0.2, 0.25) is 0 Å². The van der Waals surface area contributed by atoms with Crippen molar-refractivity contribution in [3.63, 3.8) is 0 Å². The van der Waals surface area contributed by atoms with Crippen molar-refractivity contribution in [2.45, 2.75) is 44.2 Å². The summed E-state index contributed by atoms with van der Waals surface area (Å²) >= 11 is 0. The van der Waals surface area contributed by atoms with E-state index in [4.69, 9.17) is 4.74 Å². The fourth-order valence-corrected chi connectivity index (χ4v) is 5.16. The molecule has 0 aromatic heterocycles. The molecular formula is C24H25F3N2O3. The zero-order valence-electron chi connectivity index (χ0n) is 17.5. The van der Waals surface area contributed by atoms with Gasteiger partial charge in [0.1, 0.15) is 11.9 Å². The molecule has 1 aliphatic carbocycles. The van der Waals surface area contributed by atoms with Crippen LogP contribution in [0.2, 0.25) is 0 Å². The molecule has 1 N–H and O–H groups in total. The highest BCUT2D eigenvalue weighted by molar-refractivity contribution is 5.70. The topological polar surface area (TPSA) is 50.8 Å². The summed E-state index contributed by atoms with van der Waals surface area (Å²) in [5.74, 6) is 0.186. The summed E-state index contributed by atoms with van der Waals surface area (Å²) in [6, 6.07) is 11.5. The Morgan fingerprint density at radius 1 is 1.03 bits per heavy atom. The maximum Gasteiger partial charge on any atom is 0.573 e. The van der Waals surface area contributed by atoms with Gasteiger partial charge in [-0.2, -0.15) is 0 Å². The average molecular weight is 446 g/mol. The molecule has 2 aromatic rings. The summed E-state index contributed by atoms with van der Waals surface area (Å²) in [6.07, 6.45) is -1.44. The van der Waals surface area contributed by atoms with E-state index >= 15 is 0 Å². The SMILES string of the molecule is O=C(NC1CCc2ccc(-c3cccc(OC(F)(F)F)c3)cc21)O[C@@H]1CN2CCC1CC2. The number of fused-ring (bicyclic) bond motifs is 4. The van der Waals surface area contributed by atoms with Gasteiger partial charge in [-0.25, -0.2) is 4.79 Å². The first-order valence-corrected chi connectivity index (χ1v) is 11.0. The summed E-state index contributed by atoms with van der Waals surface area (Å²) in [5.41, 5.74) is 3.51. The molecule has 8 heteroatoms. The van der Waals surface area contributed by atoms with Gasteiger partial charge in [0.05, 0.1) is 6.04 Å². The molecule has 3 saturated heterocycles. The van der Waals surface area contributed by atoms with Crippen molar-refractivity contribution < 1.29 is 27.4 Å². The minimum Gasteiger partial charge on any atom is -0.445 e. The Labute approximate surface area is 184 Å². The van der Waals surface area contributed by atoms with Crippen LogP contribution in [0.25, 0.3) is 11.1 Å². The Morgan fingerprint density at radius 3 is 2.53 bits per heavy atom. The molecule has 2 bridgehead atoms. The zero-order chi connectivity index (χ0) is 22.3. The van der Waals surface area contributed by atoms with Gasteiger partial charge in [-0.05, 0) is 85.1 Å². The van der Waals surface area contributed by atoms with Crippen molar-refractivity contribution in [3.8, 4) is 16.9 Å². The number of alkyl halides is 3. The molecule has 4 aliphatic rings. The Bertz CT molecular complexity index is 1000. The molecule has 3 heterocycles. The lowest BCUT2D eigenvalue weighted by Crippen LogP contribution is -2.52. The normalized spacial score (nSPS) is 26.5. The fraction of sp³-hybridized carbons (Fsp3) is 0.458. The van der Waals surface area contributed by atoms with E-state index in [9.17, 15) is 18.0 Å². The number of nitrogens with zero attached hydrogens (tertiary/aromatic N) is 1. The zero-order valence-corrected chi connectivity index (χ0v) is 17.5. The number of ether oxygens (including phenoxy) is 2. The van der Waals surface area contributed by atoms with E-state index in [-0.39, 0.29) is 17.9 Å². The second-order valence-corrected chi connectivity index (χ2v) is 8.81. The highest BCUT2D eigenvalue weighted by atomic mass is 19.4. The van der Waals surface area contributed by atoms with Crippen LogP contribution in [0.5, 0.6) is 5.75 Å². The number of rotatable bonds is 4. The summed E-state index contributed by atoms with van der Waals surface area (Å²) in [4.78, 5) is 14.9. The maximum absolute atomic E-state index is 12.6. The molecule has 2 aromatic carbocycles. The second-order valence-electron chi connectivity index (χ2n) is 8.81. The van der Waals surface area contributed by atoms with Crippen molar-refractivity contribution in [3.05, 3.63) is 53.6 Å². The van der Waals surface area contributed by atoms with E-state index < -0.39 is 12.5 Å². The van der Waals surface area contributed by atoms with Crippen LogP contribution in [0.15, 0.2) is 42.5 Å². The minimum absolute atomic E-state index is 0.0546. The lowest BCUT2D eigenvalue weighted by molar-refractivity contribution is -0.274. The highest BCUT2D eigenvalue weighted by Gasteiger charge is 2.37. The number of nitrogens with one attached hydrogen (secondary N) is 1. The number of piperidine rings is 3. The van der Waals surface area contributed by atoms with E-state index in [0.29, 0.717) is 11.5 Å². The number of halogens is 3. The maximum atomic E-state index is 12.6. The predicted molar refractivity (Wildman–Crippen MR) is 112 cm³/mol. The van der Waals surface area contributed by atoms with Gasteiger partial charge in [0.25, 0.3) is 0 Å². The van der Waals surface area contributed by atoms with Gasteiger partial charge in [-0.1, -0.05) is 24.3 Å². The van der Waals surface area contributed by atoms with Gasteiger partial charge in [-0.15, -0.1) is 13.2 Å². The molecule has 5 nitrogen and oxygen atoms in total. The second kappa shape index (κ2) is 8.31. The van der Waals surface area contributed by atoms with E-state index in [2.05, 4.69) is 15.0 Å². The van der Waals surface area contributed by atoms with Crippen molar-refractivity contribution in [2.75, 3.05) is 19.6 Å². The van der Waals surface area contributed by atoms with Gasteiger partial charge in [-0.3, -0.25) is 4.90 Å². The number of hydrogen-bond donors (Lipinski definition) is 1. The Kier molecular flexibility index (Phi) is 5.49. The Morgan fingerprint density at radius 2 is 1.81 bits per heavy atom. The van der Waals surface area contributed by atoms with Crippen LogP contribution in [-0.2, 0) is 11.2 Å². The first kappa shape index (κ1) is 21.1. The van der Waals surface area contributed by atoms with Gasteiger partial charge in [0, 0.05) is 6.54 Å². The largest absolute Gasteiger partial charge is 0.573 e. The molecule has 6 rings (SSSR count). The summed E-state index contributed by atoms with van der Waals surface area (Å²) < 4.78 is 47.5. The first-order chi connectivity index (χ1) is 15.3. The van der Waals surface area contributed by atoms with Crippen molar-refractivity contribution in [1.82, 2.24) is 10.2 Å². The van der Waals surface area contributed by atoms with Gasteiger partial charge in [0.15, 0.2) is 0 Å². The molecule has 0 saturated carbocycles. The summed E-state index contributed by atoms with van der Waals surface area (Å²) in [7, 11) is 0. The Hall–Kier alpha value is -2.74. The number of benzene rings is 2. The highest BCUT2D eigenvalue weighted by Crippen LogP contribution is 2.36. The number of alkyl carbamates (subject to hydrolysis) is 1. The molecule has 32 heavy (non-hydrogen) atoms. The molecule has 2 atom stereocenters. The van der Waals surface area contributed by atoms with E-state index in [1.807, 2.05) is 18.2 Å². The van der Waals surface area contributed by atoms with E-state index in [1.165, 1.54) is 18.2 Å². The van der Waals surface area contributed by atoms with Gasteiger partial charge >= 0.3 is 12.5 Å². The standard InChI is InChI=1S/C24H25F3N2O3/c25-24(26,27)32-19-3-1-2-17(12-19)18-5-4-15-6-7-21(20(15)13-18)28-23(30)31-22-14-29-10-8-16(22)9-11-29/h1-5,12-13,16,21-22H,6-11,14H2,(H,28,30)/t21?,22-/m1/s1. The molecule has 170 valence electrons. The smallest absolute Gasteiger partial charge is 0.445 e. The number of aryl methyl sites for hydroxylation is 1. The third-order valence-electron chi connectivity index (χ3n) is 6.77. The van der Waals surface area contributed by atoms with Gasteiger partial charge < -0.3 is 14.8 Å². The van der Waals surface area contributed by atoms with Crippen LogP contribution in [0.4, 0.5) is 18.0 Å². The van der Waals surface area contributed by atoms with Crippen LogP contribution < -0.4 is 10.1 Å². The van der Waals surface area contributed by atoms with Crippen molar-refractivity contribution >= 4 is 6.09 Å². The number of hydrogen-bond acceptors (Lipinski definition) is 4. The molecule has 1 amide bonds. The third-order valence-corrected chi connectivity index (χ3v) is 6.77. The lowest BCUT2D eigenvalue weighted by atomic mass is 9.86. The van der Waals surface area contributed by atoms with Crippen LogP contribution in [0.3, 0.4) is 0 Å². The van der Waals surface area contributed by atoms with Crippen molar-refractivity contribution in [1.29, 1.82) is 0 Å². The molecule has 3 fully saturated rings. The monoisotopic (exact) mass is 446 g/mol. The number of carbonyl (C=O) groups excluding carboxylic acids is 1. The fourth-order valence-electron chi connectivity index (χ4n) is 5.16. The molecule has 0 radical (unpaired) electrons. The predicted octanol–water partition coefficient (Wildman–Crippen LogP) is 5.06. The number of amides is 1. The summed E-state index contributed by atoms with van der Waals surface area (Å²) in [6.45, 7) is 2.97. The van der Waals surface area contributed by atoms with E-state index in [0.717, 1.165) is 62.0 Å². The average Bonchev–Trinajstić information content (AvgIpc) is 3.15. The van der Waals surface area contributed by atoms with Crippen LogP contribution in [0, 0.1) is 5.92 Å². The van der Waals surface area contributed by atoms with Crippen LogP contribution in [0.1, 0.15) is 36.4 Å². The molecule has 3 aliphatic heterocycles. The molecule has 0 spiro atoms.